The van der Waals surface area contributed by atoms with E-state index in [2.05, 4.69) is 18.3 Å². The van der Waals surface area contributed by atoms with Gasteiger partial charge in [-0.05, 0) is 38.3 Å². The molecule has 1 saturated heterocycles. The summed E-state index contributed by atoms with van der Waals surface area (Å²) in [5.74, 6) is 0.843. The van der Waals surface area contributed by atoms with E-state index in [4.69, 9.17) is 9.47 Å². The van der Waals surface area contributed by atoms with Gasteiger partial charge in [0.15, 0.2) is 0 Å². The van der Waals surface area contributed by atoms with Crippen LogP contribution in [-0.2, 0) is 4.74 Å². The van der Waals surface area contributed by atoms with Gasteiger partial charge in [0.2, 0.25) is 0 Å². The summed E-state index contributed by atoms with van der Waals surface area (Å²) in [5.41, 5.74) is 2.32. The molecule has 1 heterocycles. The largest absolute Gasteiger partial charge is 0.491 e. The Morgan fingerprint density at radius 1 is 1.45 bits per heavy atom. The Hall–Kier alpha value is -1.10. The highest BCUT2D eigenvalue weighted by Gasteiger charge is 2.15. The molecule has 2 N–H and O–H groups in total. The number of aliphatic hydroxyl groups is 1. The third-order valence-electron chi connectivity index (χ3n) is 3.56. The van der Waals surface area contributed by atoms with Crippen LogP contribution in [0.4, 0.5) is 0 Å². The van der Waals surface area contributed by atoms with Gasteiger partial charge in [-0.15, -0.1) is 0 Å². The van der Waals surface area contributed by atoms with Crippen LogP contribution in [0.2, 0.25) is 0 Å². The Kier molecular flexibility index (Phi) is 5.83. The zero-order valence-electron chi connectivity index (χ0n) is 12.4. The minimum Gasteiger partial charge on any atom is -0.491 e. The van der Waals surface area contributed by atoms with Gasteiger partial charge in [-0.3, -0.25) is 0 Å². The molecular weight excluding hydrogens is 254 g/mol. The molecule has 0 amide bonds. The van der Waals surface area contributed by atoms with Gasteiger partial charge in [-0.1, -0.05) is 17.7 Å². The van der Waals surface area contributed by atoms with Crippen molar-refractivity contribution in [3.05, 3.63) is 29.3 Å². The van der Waals surface area contributed by atoms with Gasteiger partial charge in [0.25, 0.3) is 0 Å². The highest BCUT2D eigenvalue weighted by atomic mass is 16.5. The molecule has 0 spiro atoms. The van der Waals surface area contributed by atoms with Gasteiger partial charge >= 0.3 is 0 Å². The number of benzene rings is 1. The normalized spacial score (nSPS) is 20.6. The fraction of sp³-hybridized carbons (Fsp3) is 0.625. The number of aliphatic hydroxyl groups excluding tert-OH is 1. The molecule has 20 heavy (non-hydrogen) atoms. The summed E-state index contributed by atoms with van der Waals surface area (Å²) in [6, 6.07) is 6.42. The van der Waals surface area contributed by atoms with Crippen LogP contribution in [0.3, 0.4) is 0 Å². The third-order valence-corrected chi connectivity index (χ3v) is 3.56. The van der Waals surface area contributed by atoms with Gasteiger partial charge in [0, 0.05) is 19.2 Å². The first-order valence-electron chi connectivity index (χ1n) is 7.34. The van der Waals surface area contributed by atoms with E-state index >= 15 is 0 Å². The van der Waals surface area contributed by atoms with E-state index in [-0.39, 0.29) is 0 Å². The fourth-order valence-electron chi connectivity index (χ4n) is 2.41. The lowest BCUT2D eigenvalue weighted by Gasteiger charge is -2.24. The van der Waals surface area contributed by atoms with Gasteiger partial charge < -0.3 is 19.9 Å². The zero-order valence-corrected chi connectivity index (χ0v) is 12.4. The first kappa shape index (κ1) is 15.3. The van der Waals surface area contributed by atoms with E-state index in [1.807, 2.05) is 19.1 Å². The lowest BCUT2D eigenvalue weighted by Crippen LogP contribution is -2.42. The third kappa shape index (κ3) is 4.78. The van der Waals surface area contributed by atoms with Crippen molar-refractivity contribution in [3.8, 4) is 5.75 Å². The minimum absolute atomic E-state index is 0.310. The molecule has 1 fully saturated rings. The summed E-state index contributed by atoms with van der Waals surface area (Å²) in [6.07, 6.45) is 1.70. The lowest BCUT2D eigenvalue weighted by molar-refractivity contribution is 0.0571. The van der Waals surface area contributed by atoms with E-state index in [1.54, 1.807) is 0 Å². The van der Waals surface area contributed by atoms with Crippen molar-refractivity contribution in [2.45, 2.75) is 38.8 Å². The van der Waals surface area contributed by atoms with Crippen molar-refractivity contribution >= 4 is 0 Å². The highest BCUT2D eigenvalue weighted by Crippen LogP contribution is 2.18. The second-order valence-electron chi connectivity index (χ2n) is 5.56. The molecule has 1 aromatic carbocycles. The van der Waals surface area contributed by atoms with Crippen molar-refractivity contribution in [2.75, 3.05) is 26.4 Å². The Morgan fingerprint density at radius 3 is 3.00 bits per heavy atom. The Balaban J connectivity index is 1.70. The van der Waals surface area contributed by atoms with Crippen LogP contribution in [0, 0.1) is 13.8 Å². The van der Waals surface area contributed by atoms with Gasteiger partial charge in [-0.2, -0.15) is 0 Å². The molecule has 0 aromatic heterocycles. The second kappa shape index (κ2) is 7.62. The molecule has 2 unspecified atom stereocenters. The summed E-state index contributed by atoms with van der Waals surface area (Å²) in [6.45, 7) is 6.53. The maximum absolute atomic E-state index is 9.96. The zero-order chi connectivity index (χ0) is 14.4. The van der Waals surface area contributed by atoms with Crippen LogP contribution in [-0.4, -0.2) is 43.6 Å². The molecule has 0 radical (unpaired) electrons. The Labute approximate surface area is 121 Å². The molecular formula is C16H25NO3. The van der Waals surface area contributed by atoms with E-state index in [9.17, 15) is 5.11 Å². The van der Waals surface area contributed by atoms with E-state index in [0.717, 1.165) is 37.4 Å². The summed E-state index contributed by atoms with van der Waals surface area (Å²) in [4.78, 5) is 0. The van der Waals surface area contributed by atoms with Crippen LogP contribution in [0.15, 0.2) is 18.2 Å². The number of nitrogens with one attached hydrogen (secondary N) is 1. The average Bonchev–Trinajstić information content (AvgIpc) is 2.45. The van der Waals surface area contributed by atoms with Crippen LogP contribution >= 0.6 is 0 Å². The molecule has 0 bridgehead atoms. The van der Waals surface area contributed by atoms with E-state index < -0.39 is 6.10 Å². The topological polar surface area (TPSA) is 50.7 Å². The summed E-state index contributed by atoms with van der Waals surface area (Å²) in [7, 11) is 0. The van der Waals surface area contributed by atoms with Crippen LogP contribution in [0.1, 0.15) is 24.0 Å². The fourth-order valence-corrected chi connectivity index (χ4v) is 2.41. The summed E-state index contributed by atoms with van der Waals surface area (Å²) < 4.78 is 11.1. The molecule has 4 heteroatoms. The van der Waals surface area contributed by atoms with Gasteiger partial charge in [-0.25, -0.2) is 0 Å². The molecule has 1 aromatic rings. The summed E-state index contributed by atoms with van der Waals surface area (Å²) in [5, 5.41) is 13.3. The van der Waals surface area contributed by atoms with Gasteiger partial charge in [0.05, 0.1) is 6.61 Å². The minimum atomic E-state index is -0.502. The molecule has 112 valence electrons. The Morgan fingerprint density at radius 2 is 2.30 bits per heavy atom. The quantitative estimate of drug-likeness (QED) is 0.834. The molecule has 0 saturated carbocycles. The van der Waals surface area contributed by atoms with Crippen LogP contribution in [0.5, 0.6) is 5.75 Å². The molecule has 1 aliphatic rings. The summed E-state index contributed by atoms with van der Waals surface area (Å²) >= 11 is 0. The number of hydrogen-bond acceptors (Lipinski definition) is 4. The predicted octanol–water partition coefficient (Wildman–Crippen LogP) is 1.81. The van der Waals surface area contributed by atoms with Crippen molar-refractivity contribution < 1.29 is 14.6 Å². The number of aryl methyl sites for hydroxylation is 2. The van der Waals surface area contributed by atoms with Crippen LogP contribution in [0.25, 0.3) is 0 Å². The van der Waals surface area contributed by atoms with Crippen molar-refractivity contribution in [2.24, 2.45) is 0 Å². The van der Waals surface area contributed by atoms with Crippen LogP contribution < -0.4 is 10.1 Å². The smallest absolute Gasteiger partial charge is 0.122 e. The maximum Gasteiger partial charge on any atom is 0.122 e. The predicted molar refractivity (Wildman–Crippen MR) is 79.3 cm³/mol. The van der Waals surface area contributed by atoms with E-state index in [0.29, 0.717) is 19.2 Å². The molecule has 2 atom stereocenters. The van der Waals surface area contributed by atoms with Crippen molar-refractivity contribution in [3.63, 3.8) is 0 Å². The van der Waals surface area contributed by atoms with Gasteiger partial charge in [0.1, 0.15) is 18.5 Å². The second-order valence-corrected chi connectivity index (χ2v) is 5.56. The number of hydrogen-bond donors (Lipinski definition) is 2. The Bertz CT molecular complexity index is 416. The first-order valence-corrected chi connectivity index (χ1v) is 7.34. The standard InChI is InChI=1S/C16H25NO3/c1-12-5-6-16(13(2)8-12)20-11-15(18)9-17-14-4-3-7-19-10-14/h5-6,8,14-15,17-18H,3-4,7,9-11H2,1-2H3. The first-order chi connectivity index (χ1) is 9.65. The van der Waals surface area contributed by atoms with E-state index in [1.165, 1.54) is 5.56 Å². The lowest BCUT2D eigenvalue weighted by atomic mass is 10.1. The maximum atomic E-state index is 9.96. The van der Waals surface area contributed by atoms with Crippen molar-refractivity contribution in [1.82, 2.24) is 5.32 Å². The van der Waals surface area contributed by atoms with Crippen molar-refractivity contribution in [1.29, 1.82) is 0 Å². The number of ether oxygens (including phenoxy) is 2. The molecule has 4 nitrogen and oxygen atoms in total. The SMILES string of the molecule is Cc1ccc(OCC(O)CNC2CCCOC2)c(C)c1. The number of rotatable bonds is 6. The monoisotopic (exact) mass is 279 g/mol. The molecule has 2 rings (SSSR count). The molecule has 1 aliphatic heterocycles. The average molecular weight is 279 g/mol. The molecule has 0 aliphatic carbocycles. The highest BCUT2D eigenvalue weighted by molar-refractivity contribution is 5.35.